The SMILES string of the molecule is Cc1nc2c(n1CCN1CCN(C)CC1)CCCC2. The number of fused-ring (bicyclic) bond motifs is 1. The van der Waals surface area contributed by atoms with Crippen molar-refractivity contribution in [3.8, 4) is 0 Å². The Morgan fingerprint density at radius 3 is 2.53 bits per heavy atom. The van der Waals surface area contributed by atoms with E-state index in [1.165, 1.54) is 75.6 Å². The molecule has 106 valence electrons. The lowest BCUT2D eigenvalue weighted by atomic mass is 10.0. The van der Waals surface area contributed by atoms with E-state index in [9.17, 15) is 0 Å². The molecule has 2 heterocycles. The summed E-state index contributed by atoms with van der Waals surface area (Å²) < 4.78 is 2.48. The molecule has 0 spiro atoms. The number of likely N-dealkylation sites (N-methyl/N-ethyl adjacent to an activating group) is 1. The highest BCUT2D eigenvalue weighted by atomic mass is 15.3. The van der Waals surface area contributed by atoms with Crippen LogP contribution in [0.3, 0.4) is 0 Å². The molecule has 1 aliphatic heterocycles. The van der Waals surface area contributed by atoms with Crippen LogP contribution >= 0.6 is 0 Å². The van der Waals surface area contributed by atoms with Crippen LogP contribution in [0.1, 0.15) is 30.1 Å². The molecule has 1 fully saturated rings. The van der Waals surface area contributed by atoms with E-state index in [0.29, 0.717) is 0 Å². The van der Waals surface area contributed by atoms with Crippen LogP contribution in [0.4, 0.5) is 0 Å². The summed E-state index contributed by atoms with van der Waals surface area (Å²) in [7, 11) is 2.22. The maximum atomic E-state index is 4.76. The van der Waals surface area contributed by atoms with E-state index in [1.807, 2.05) is 0 Å². The van der Waals surface area contributed by atoms with Gasteiger partial charge in [0, 0.05) is 45.0 Å². The monoisotopic (exact) mass is 262 g/mol. The first-order chi connectivity index (χ1) is 9.24. The molecule has 3 rings (SSSR count). The minimum absolute atomic E-state index is 1.12. The van der Waals surface area contributed by atoms with E-state index in [1.54, 1.807) is 0 Å². The standard InChI is InChI=1S/C15H26N4/c1-13-16-14-5-3-4-6-15(14)19(13)12-11-18-9-7-17(2)8-10-18/h3-12H2,1-2H3. The van der Waals surface area contributed by atoms with Crippen molar-refractivity contribution >= 4 is 0 Å². The molecule has 0 atom stereocenters. The summed E-state index contributed by atoms with van der Waals surface area (Å²) in [4.78, 5) is 9.77. The van der Waals surface area contributed by atoms with Gasteiger partial charge in [0.05, 0.1) is 5.69 Å². The second kappa shape index (κ2) is 5.63. The van der Waals surface area contributed by atoms with Gasteiger partial charge in [-0.3, -0.25) is 4.90 Å². The van der Waals surface area contributed by atoms with Gasteiger partial charge in [0.15, 0.2) is 0 Å². The highest BCUT2D eigenvalue weighted by molar-refractivity contribution is 5.19. The van der Waals surface area contributed by atoms with Gasteiger partial charge in [0.1, 0.15) is 5.82 Å². The van der Waals surface area contributed by atoms with Gasteiger partial charge in [-0.2, -0.15) is 0 Å². The van der Waals surface area contributed by atoms with Crippen LogP contribution in [0.25, 0.3) is 0 Å². The normalized spacial score (nSPS) is 21.6. The summed E-state index contributed by atoms with van der Waals surface area (Å²) in [6, 6.07) is 0. The lowest BCUT2D eigenvalue weighted by molar-refractivity contribution is 0.149. The number of piperazine rings is 1. The summed E-state index contributed by atoms with van der Waals surface area (Å²) in [5, 5.41) is 0. The second-order valence-electron chi connectivity index (χ2n) is 6.06. The molecule has 0 saturated carbocycles. The van der Waals surface area contributed by atoms with Crippen molar-refractivity contribution in [3.63, 3.8) is 0 Å². The molecule has 1 aromatic heterocycles. The van der Waals surface area contributed by atoms with Crippen molar-refractivity contribution in [1.29, 1.82) is 0 Å². The van der Waals surface area contributed by atoms with Crippen LogP contribution < -0.4 is 0 Å². The summed E-state index contributed by atoms with van der Waals surface area (Å²) in [6.07, 6.45) is 5.09. The third-order valence-electron chi connectivity index (χ3n) is 4.66. The van der Waals surface area contributed by atoms with Gasteiger partial charge in [-0.1, -0.05) is 0 Å². The largest absolute Gasteiger partial charge is 0.331 e. The van der Waals surface area contributed by atoms with E-state index >= 15 is 0 Å². The maximum absolute atomic E-state index is 4.76. The van der Waals surface area contributed by atoms with Gasteiger partial charge >= 0.3 is 0 Å². The minimum Gasteiger partial charge on any atom is -0.331 e. The third kappa shape index (κ3) is 2.84. The lowest BCUT2D eigenvalue weighted by Gasteiger charge is -2.32. The van der Waals surface area contributed by atoms with Crippen molar-refractivity contribution in [3.05, 3.63) is 17.2 Å². The molecule has 0 unspecified atom stereocenters. The van der Waals surface area contributed by atoms with Crippen LogP contribution in [-0.2, 0) is 19.4 Å². The van der Waals surface area contributed by atoms with Crippen LogP contribution in [0.15, 0.2) is 0 Å². The summed E-state index contributed by atoms with van der Waals surface area (Å²) in [5.74, 6) is 1.22. The number of hydrogen-bond acceptors (Lipinski definition) is 3. The molecule has 4 nitrogen and oxygen atoms in total. The van der Waals surface area contributed by atoms with Gasteiger partial charge in [-0.05, 0) is 39.7 Å². The van der Waals surface area contributed by atoms with Crippen molar-refractivity contribution in [2.45, 2.75) is 39.2 Å². The maximum Gasteiger partial charge on any atom is 0.106 e. The first kappa shape index (κ1) is 13.1. The van der Waals surface area contributed by atoms with Crippen LogP contribution in [0.2, 0.25) is 0 Å². The Morgan fingerprint density at radius 1 is 1.00 bits per heavy atom. The average molecular weight is 262 g/mol. The predicted octanol–water partition coefficient (Wildman–Crippen LogP) is 1.32. The van der Waals surface area contributed by atoms with Gasteiger partial charge in [0.2, 0.25) is 0 Å². The Labute approximate surface area is 116 Å². The van der Waals surface area contributed by atoms with Crippen molar-refractivity contribution in [1.82, 2.24) is 19.4 Å². The predicted molar refractivity (Wildman–Crippen MR) is 77.5 cm³/mol. The fourth-order valence-electron chi connectivity index (χ4n) is 3.35. The fourth-order valence-corrected chi connectivity index (χ4v) is 3.35. The zero-order valence-electron chi connectivity index (χ0n) is 12.4. The first-order valence-electron chi connectivity index (χ1n) is 7.70. The molecule has 0 aromatic carbocycles. The first-order valence-corrected chi connectivity index (χ1v) is 7.70. The van der Waals surface area contributed by atoms with E-state index < -0.39 is 0 Å². The van der Waals surface area contributed by atoms with Crippen LogP contribution in [0.5, 0.6) is 0 Å². The highest BCUT2D eigenvalue weighted by Crippen LogP contribution is 2.22. The lowest BCUT2D eigenvalue weighted by Crippen LogP contribution is -2.45. The van der Waals surface area contributed by atoms with Gasteiger partial charge in [0.25, 0.3) is 0 Å². The van der Waals surface area contributed by atoms with Crippen molar-refractivity contribution < 1.29 is 0 Å². The van der Waals surface area contributed by atoms with E-state index in [4.69, 9.17) is 4.98 Å². The van der Waals surface area contributed by atoms with Gasteiger partial charge in [-0.15, -0.1) is 0 Å². The molecule has 2 aliphatic rings. The number of hydrogen-bond donors (Lipinski definition) is 0. The molecule has 1 saturated heterocycles. The molecule has 19 heavy (non-hydrogen) atoms. The van der Waals surface area contributed by atoms with Crippen LogP contribution in [0, 0.1) is 6.92 Å². The Hall–Kier alpha value is -0.870. The summed E-state index contributed by atoms with van der Waals surface area (Å²) in [6.45, 7) is 9.32. The van der Waals surface area contributed by atoms with Crippen molar-refractivity contribution in [2.75, 3.05) is 39.8 Å². The zero-order chi connectivity index (χ0) is 13.2. The van der Waals surface area contributed by atoms with Gasteiger partial charge in [-0.25, -0.2) is 4.98 Å². The summed E-state index contributed by atoms with van der Waals surface area (Å²) in [5.41, 5.74) is 2.90. The molecule has 0 amide bonds. The Balaban J connectivity index is 1.62. The van der Waals surface area contributed by atoms with E-state index in [-0.39, 0.29) is 0 Å². The average Bonchev–Trinajstić information content (AvgIpc) is 2.74. The number of rotatable bonds is 3. The Morgan fingerprint density at radius 2 is 1.74 bits per heavy atom. The molecular formula is C15H26N4. The quantitative estimate of drug-likeness (QED) is 0.821. The van der Waals surface area contributed by atoms with Crippen molar-refractivity contribution in [2.24, 2.45) is 0 Å². The van der Waals surface area contributed by atoms with Gasteiger partial charge < -0.3 is 9.47 Å². The van der Waals surface area contributed by atoms with Crippen LogP contribution in [-0.4, -0.2) is 59.1 Å². The molecule has 1 aliphatic carbocycles. The second-order valence-corrected chi connectivity index (χ2v) is 6.06. The zero-order valence-corrected chi connectivity index (χ0v) is 12.4. The van der Waals surface area contributed by atoms with E-state index in [2.05, 4.69) is 28.3 Å². The molecule has 0 radical (unpaired) electrons. The number of aryl methyl sites for hydroxylation is 2. The minimum atomic E-state index is 1.12. The third-order valence-corrected chi connectivity index (χ3v) is 4.66. The highest BCUT2D eigenvalue weighted by Gasteiger charge is 2.19. The Bertz CT molecular complexity index is 430. The topological polar surface area (TPSA) is 24.3 Å². The smallest absolute Gasteiger partial charge is 0.106 e. The summed E-state index contributed by atoms with van der Waals surface area (Å²) >= 11 is 0. The molecule has 0 N–H and O–H groups in total. The number of aromatic nitrogens is 2. The molecular weight excluding hydrogens is 236 g/mol. The Kier molecular flexibility index (Phi) is 3.89. The molecule has 4 heteroatoms. The molecule has 0 bridgehead atoms. The molecule has 1 aromatic rings. The van der Waals surface area contributed by atoms with E-state index in [0.717, 1.165) is 6.54 Å². The number of imidazole rings is 1. The number of nitrogens with zero attached hydrogens (tertiary/aromatic N) is 4. The fraction of sp³-hybridized carbons (Fsp3) is 0.800.